The van der Waals surface area contributed by atoms with Crippen LogP contribution in [0.3, 0.4) is 0 Å². The predicted octanol–water partition coefficient (Wildman–Crippen LogP) is 11.1. The third kappa shape index (κ3) is 5.01. The summed E-state index contributed by atoms with van der Waals surface area (Å²) in [6.07, 6.45) is 3.54. The number of fused-ring (bicyclic) bond motifs is 5. The average molecular weight is 629 g/mol. The second-order valence-electron chi connectivity index (χ2n) is 13.2. The molecule has 0 unspecified atom stereocenters. The summed E-state index contributed by atoms with van der Waals surface area (Å²) in [6.45, 7) is 4.67. The predicted molar refractivity (Wildman–Crippen MR) is 200 cm³/mol. The van der Waals surface area contributed by atoms with Gasteiger partial charge in [-0.15, -0.1) is 0 Å². The summed E-state index contributed by atoms with van der Waals surface area (Å²) in [5.41, 5.74) is 12.7. The third-order valence-corrected chi connectivity index (χ3v) is 9.84. The van der Waals surface area contributed by atoms with Crippen molar-refractivity contribution in [3.63, 3.8) is 0 Å². The van der Waals surface area contributed by atoms with E-state index in [0.717, 1.165) is 33.4 Å². The zero-order chi connectivity index (χ0) is 33.0. The van der Waals surface area contributed by atoms with E-state index >= 15 is 0 Å². The molecule has 0 saturated carbocycles. The molecule has 49 heavy (non-hydrogen) atoms. The Hall–Kier alpha value is -6.26. The lowest BCUT2D eigenvalue weighted by atomic mass is 9.82. The van der Waals surface area contributed by atoms with Crippen molar-refractivity contribution in [2.24, 2.45) is 0 Å². The Morgan fingerprint density at radius 3 is 1.73 bits per heavy atom. The Labute approximate surface area is 285 Å². The van der Waals surface area contributed by atoms with Crippen LogP contribution in [0.15, 0.2) is 158 Å². The Morgan fingerprint density at radius 1 is 0.408 bits per heavy atom. The van der Waals surface area contributed by atoms with Crippen LogP contribution in [-0.2, 0) is 5.41 Å². The maximum absolute atomic E-state index is 5.04. The molecule has 0 amide bonds. The minimum atomic E-state index is -0.0704. The van der Waals surface area contributed by atoms with Crippen LogP contribution in [0.2, 0.25) is 0 Å². The van der Waals surface area contributed by atoms with Crippen LogP contribution in [0, 0.1) is 0 Å². The highest BCUT2D eigenvalue weighted by Gasteiger charge is 2.36. The molecule has 8 aromatic rings. The summed E-state index contributed by atoms with van der Waals surface area (Å²) in [5.74, 6) is 1.87. The van der Waals surface area contributed by atoms with Crippen molar-refractivity contribution in [2.45, 2.75) is 19.3 Å². The normalized spacial score (nSPS) is 12.9. The van der Waals surface area contributed by atoms with Gasteiger partial charge in [-0.05, 0) is 79.5 Å². The summed E-state index contributed by atoms with van der Waals surface area (Å²) < 4.78 is 0. The smallest absolute Gasteiger partial charge is 0.164 e. The molecule has 4 nitrogen and oxygen atoms in total. The number of hydrogen-bond donors (Lipinski definition) is 0. The topological polar surface area (TPSA) is 51.6 Å². The summed E-state index contributed by atoms with van der Waals surface area (Å²) in [5, 5.41) is 2.57. The van der Waals surface area contributed by atoms with Gasteiger partial charge >= 0.3 is 0 Å². The molecule has 0 saturated heterocycles. The minimum absolute atomic E-state index is 0.0704. The molecule has 232 valence electrons. The molecule has 6 aromatic carbocycles. The number of aromatic nitrogens is 4. The van der Waals surface area contributed by atoms with Crippen molar-refractivity contribution in [1.29, 1.82) is 0 Å². The molecule has 0 bridgehead atoms. The van der Waals surface area contributed by atoms with E-state index in [1.807, 2.05) is 18.2 Å². The molecular weight excluding hydrogens is 597 g/mol. The zero-order valence-electron chi connectivity index (χ0n) is 27.3. The van der Waals surface area contributed by atoms with E-state index in [9.17, 15) is 0 Å². The first-order valence-corrected chi connectivity index (χ1v) is 16.6. The molecule has 0 radical (unpaired) electrons. The van der Waals surface area contributed by atoms with E-state index in [-0.39, 0.29) is 5.41 Å². The minimum Gasteiger partial charge on any atom is -0.265 e. The molecule has 2 aromatic heterocycles. The van der Waals surface area contributed by atoms with Gasteiger partial charge in [0.15, 0.2) is 17.5 Å². The van der Waals surface area contributed by atoms with Crippen LogP contribution in [0.5, 0.6) is 0 Å². The molecule has 4 heteroatoms. The number of rotatable bonds is 5. The van der Waals surface area contributed by atoms with Crippen LogP contribution >= 0.6 is 0 Å². The van der Waals surface area contributed by atoms with Crippen LogP contribution < -0.4 is 0 Å². The highest BCUT2D eigenvalue weighted by Crippen LogP contribution is 2.52. The van der Waals surface area contributed by atoms with Gasteiger partial charge in [-0.3, -0.25) is 4.98 Å². The van der Waals surface area contributed by atoms with Crippen molar-refractivity contribution < 1.29 is 0 Å². The number of nitrogens with zero attached hydrogens (tertiary/aromatic N) is 4. The number of pyridine rings is 1. The third-order valence-electron chi connectivity index (χ3n) is 9.84. The van der Waals surface area contributed by atoms with E-state index in [4.69, 9.17) is 15.0 Å². The fraction of sp³-hybridized carbons (Fsp3) is 0.0667. The van der Waals surface area contributed by atoms with Gasteiger partial charge < -0.3 is 0 Å². The molecule has 0 atom stereocenters. The summed E-state index contributed by atoms with van der Waals surface area (Å²) in [4.78, 5) is 19.2. The monoisotopic (exact) mass is 628 g/mol. The molecular formula is C45H32N4. The van der Waals surface area contributed by atoms with Crippen molar-refractivity contribution in [1.82, 2.24) is 19.9 Å². The second kappa shape index (κ2) is 11.5. The van der Waals surface area contributed by atoms with Gasteiger partial charge in [0, 0.05) is 34.5 Å². The first kappa shape index (κ1) is 28.9. The lowest BCUT2D eigenvalue weighted by Crippen LogP contribution is -2.14. The summed E-state index contributed by atoms with van der Waals surface area (Å²) in [6, 6.07) is 51.4. The van der Waals surface area contributed by atoms with E-state index in [1.54, 1.807) is 12.4 Å². The van der Waals surface area contributed by atoms with E-state index in [1.165, 1.54) is 38.6 Å². The standard InChI is InChI=1S/C45H32N4/c1-45(2)39-21-20-35(28-38(39)41-37-14-7-6-11-31(37)19-22-40(41)45)34-12-8-13-36(27-34)44-48-42(47-43(49-44)33-23-25-46-26-24-33)32-17-15-30(16-18-32)29-9-4-3-5-10-29/h3-28H,1-2H3. The fourth-order valence-electron chi connectivity index (χ4n) is 7.25. The SMILES string of the molecule is CC1(C)c2ccc(-c3cccc(-c4nc(-c5ccncc5)nc(-c5ccc(-c6ccccc6)cc5)n4)c3)cc2-c2c1ccc1ccccc21. The molecule has 0 N–H and O–H groups in total. The molecule has 1 aliphatic rings. The molecule has 0 fully saturated rings. The molecule has 9 rings (SSSR count). The zero-order valence-corrected chi connectivity index (χ0v) is 27.3. The van der Waals surface area contributed by atoms with Crippen molar-refractivity contribution >= 4 is 10.8 Å². The Bertz CT molecular complexity index is 2500. The maximum Gasteiger partial charge on any atom is 0.164 e. The number of benzene rings is 6. The fourth-order valence-corrected chi connectivity index (χ4v) is 7.25. The lowest BCUT2D eigenvalue weighted by Gasteiger charge is -2.21. The van der Waals surface area contributed by atoms with Gasteiger partial charge in [-0.2, -0.15) is 0 Å². The highest BCUT2D eigenvalue weighted by molar-refractivity contribution is 6.03. The molecule has 2 heterocycles. The largest absolute Gasteiger partial charge is 0.265 e. The quantitative estimate of drug-likeness (QED) is 0.190. The van der Waals surface area contributed by atoms with Gasteiger partial charge in [0.25, 0.3) is 0 Å². The second-order valence-corrected chi connectivity index (χ2v) is 13.2. The van der Waals surface area contributed by atoms with E-state index in [0.29, 0.717) is 17.5 Å². The van der Waals surface area contributed by atoms with Gasteiger partial charge in [0.2, 0.25) is 0 Å². The lowest BCUT2D eigenvalue weighted by molar-refractivity contribution is 0.661. The van der Waals surface area contributed by atoms with Crippen LogP contribution in [0.4, 0.5) is 0 Å². The van der Waals surface area contributed by atoms with Gasteiger partial charge in [0.05, 0.1) is 0 Å². The van der Waals surface area contributed by atoms with Crippen molar-refractivity contribution in [2.75, 3.05) is 0 Å². The molecule has 0 aliphatic heterocycles. The Morgan fingerprint density at radius 2 is 0.959 bits per heavy atom. The summed E-state index contributed by atoms with van der Waals surface area (Å²) in [7, 11) is 0. The maximum atomic E-state index is 5.04. The van der Waals surface area contributed by atoms with Crippen LogP contribution in [-0.4, -0.2) is 19.9 Å². The first-order chi connectivity index (χ1) is 24.0. The molecule has 0 spiro atoms. The molecule has 1 aliphatic carbocycles. The van der Waals surface area contributed by atoms with E-state index < -0.39 is 0 Å². The van der Waals surface area contributed by atoms with Gasteiger partial charge in [0.1, 0.15) is 0 Å². The average Bonchev–Trinajstić information content (AvgIpc) is 3.41. The Kier molecular flexibility index (Phi) is 6.77. The van der Waals surface area contributed by atoms with E-state index in [2.05, 4.69) is 146 Å². The Balaban J connectivity index is 1.15. The van der Waals surface area contributed by atoms with Gasteiger partial charge in [-0.25, -0.2) is 15.0 Å². The van der Waals surface area contributed by atoms with Crippen LogP contribution in [0.1, 0.15) is 25.0 Å². The summed E-state index contributed by atoms with van der Waals surface area (Å²) >= 11 is 0. The van der Waals surface area contributed by atoms with Crippen LogP contribution in [0.25, 0.3) is 78.3 Å². The van der Waals surface area contributed by atoms with Crippen molar-refractivity contribution in [3.05, 3.63) is 169 Å². The van der Waals surface area contributed by atoms with Gasteiger partial charge in [-0.1, -0.05) is 135 Å². The van der Waals surface area contributed by atoms with Crippen molar-refractivity contribution in [3.8, 4) is 67.5 Å². The highest BCUT2D eigenvalue weighted by atomic mass is 15.0. The first-order valence-electron chi connectivity index (χ1n) is 16.6. The number of hydrogen-bond acceptors (Lipinski definition) is 4.